The van der Waals surface area contributed by atoms with Crippen molar-refractivity contribution in [1.82, 2.24) is 0 Å². The molecule has 2 aliphatic heterocycles. The second-order valence-corrected chi connectivity index (χ2v) is 8.11. The minimum atomic E-state index is -0.820. The first-order valence-electron chi connectivity index (χ1n) is 9.87. The van der Waals surface area contributed by atoms with Crippen molar-refractivity contribution in [2.45, 2.75) is 25.6 Å². The van der Waals surface area contributed by atoms with Crippen molar-refractivity contribution < 1.29 is 28.5 Å². The van der Waals surface area contributed by atoms with Crippen LogP contribution < -0.4 is 14.2 Å². The Morgan fingerprint density at radius 2 is 1.77 bits per heavy atom. The summed E-state index contributed by atoms with van der Waals surface area (Å²) in [7, 11) is 0. The number of benzene rings is 3. The van der Waals surface area contributed by atoms with Gasteiger partial charge in [0, 0.05) is 21.2 Å². The number of rotatable bonds is 4. The molecule has 0 aliphatic carbocycles. The maximum atomic E-state index is 12.6. The largest absolute Gasteiger partial charge is 0.485 e. The normalized spacial score (nSPS) is 19.1. The highest BCUT2D eigenvalue weighted by Gasteiger charge is 2.30. The maximum absolute atomic E-state index is 12.6. The SMILES string of the molecule is O=C(OCc1cc(Br)cc2c1O[C@H](c1ccccc1)OC2)[C@@H]1COc2ccccc2O1. The van der Waals surface area contributed by atoms with E-state index in [4.69, 9.17) is 23.7 Å². The molecule has 6 nitrogen and oxygen atoms in total. The van der Waals surface area contributed by atoms with E-state index >= 15 is 0 Å². The average Bonchev–Trinajstić information content (AvgIpc) is 2.82. The molecule has 0 saturated heterocycles. The molecule has 0 spiro atoms. The molecule has 2 atom stereocenters. The summed E-state index contributed by atoms with van der Waals surface area (Å²) in [6.45, 7) is 0.544. The lowest BCUT2D eigenvalue weighted by molar-refractivity contribution is -0.156. The van der Waals surface area contributed by atoms with Gasteiger partial charge in [-0.3, -0.25) is 0 Å². The number of hydrogen-bond donors (Lipinski definition) is 0. The summed E-state index contributed by atoms with van der Waals surface area (Å²) in [5, 5.41) is 0. The number of fused-ring (bicyclic) bond motifs is 2. The molecule has 0 radical (unpaired) electrons. The molecule has 0 bridgehead atoms. The van der Waals surface area contributed by atoms with E-state index in [1.807, 2.05) is 54.6 Å². The van der Waals surface area contributed by atoms with Crippen molar-refractivity contribution in [2.75, 3.05) is 6.61 Å². The van der Waals surface area contributed by atoms with Crippen molar-refractivity contribution >= 4 is 21.9 Å². The van der Waals surface area contributed by atoms with Gasteiger partial charge in [-0.1, -0.05) is 58.4 Å². The van der Waals surface area contributed by atoms with E-state index < -0.39 is 18.4 Å². The van der Waals surface area contributed by atoms with Crippen LogP contribution in [0.5, 0.6) is 17.2 Å². The lowest BCUT2D eigenvalue weighted by Gasteiger charge is -2.29. The minimum absolute atomic E-state index is 0.0453. The first-order chi connectivity index (χ1) is 15.2. The highest BCUT2D eigenvalue weighted by atomic mass is 79.9. The summed E-state index contributed by atoms with van der Waals surface area (Å²) in [5.41, 5.74) is 2.56. The highest BCUT2D eigenvalue weighted by Crippen LogP contribution is 2.38. The van der Waals surface area contributed by atoms with Gasteiger partial charge in [0.2, 0.25) is 12.4 Å². The van der Waals surface area contributed by atoms with Crippen molar-refractivity contribution in [1.29, 1.82) is 0 Å². The van der Waals surface area contributed by atoms with E-state index in [-0.39, 0.29) is 13.2 Å². The molecule has 3 aromatic rings. The smallest absolute Gasteiger partial charge is 0.351 e. The Morgan fingerprint density at radius 1 is 1.00 bits per heavy atom. The molecule has 0 unspecified atom stereocenters. The second kappa shape index (κ2) is 8.61. The molecular weight excluding hydrogens is 464 g/mol. The molecular formula is C24H19BrO6. The van der Waals surface area contributed by atoms with Gasteiger partial charge in [-0.25, -0.2) is 4.79 Å². The summed E-state index contributed by atoms with van der Waals surface area (Å²) in [4.78, 5) is 12.6. The van der Waals surface area contributed by atoms with Crippen molar-refractivity contribution in [3.63, 3.8) is 0 Å². The van der Waals surface area contributed by atoms with Crippen LogP contribution >= 0.6 is 15.9 Å². The third-order valence-corrected chi connectivity index (χ3v) is 5.49. The third-order valence-electron chi connectivity index (χ3n) is 5.04. The molecule has 3 aromatic carbocycles. The number of carbonyl (C=O) groups is 1. The minimum Gasteiger partial charge on any atom is -0.485 e. The van der Waals surface area contributed by atoms with Crippen molar-refractivity contribution in [3.05, 3.63) is 87.9 Å². The van der Waals surface area contributed by atoms with E-state index in [1.165, 1.54) is 0 Å². The zero-order chi connectivity index (χ0) is 21.2. The zero-order valence-corrected chi connectivity index (χ0v) is 18.0. The van der Waals surface area contributed by atoms with Gasteiger partial charge in [-0.05, 0) is 24.3 Å². The summed E-state index contributed by atoms with van der Waals surface area (Å²) in [6, 6.07) is 20.8. The molecule has 0 aromatic heterocycles. The Bertz CT molecular complexity index is 1100. The Morgan fingerprint density at radius 3 is 2.61 bits per heavy atom. The number of esters is 1. The van der Waals surface area contributed by atoms with Gasteiger partial charge in [-0.15, -0.1) is 0 Å². The molecule has 0 fully saturated rings. The molecule has 158 valence electrons. The van der Waals surface area contributed by atoms with Crippen LogP contribution in [0, 0.1) is 0 Å². The second-order valence-electron chi connectivity index (χ2n) is 7.20. The Balaban J connectivity index is 1.30. The van der Waals surface area contributed by atoms with Crippen LogP contribution in [0.15, 0.2) is 71.2 Å². The van der Waals surface area contributed by atoms with E-state index in [2.05, 4.69) is 15.9 Å². The van der Waals surface area contributed by atoms with Crippen LogP contribution in [0.3, 0.4) is 0 Å². The third kappa shape index (κ3) is 4.24. The quantitative estimate of drug-likeness (QED) is 0.490. The van der Waals surface area contributed by atoms with Gasteiger partial charge in [-0.2, -0.15) is 0 Å². The Labute approximate surface area is 187 Å². The molecule has 2 aliphatic rings. The van der Waals surface area contributed by atoms with Gasteiger partial charge in [0.05, 0.1) is 6.61 Å². The van der Waals surface area contributed by atoms with Crippen LogP contribution in [-0.4, -0.2) is 18.7 Å². The first kappa shape index (κ1) is 19.9. The van der Waals surface area contributed by atoms with Gasteiger partial charge in [0.25, 0.3) is 0 Å². The molecule has 0 saturated carbocycles. The summed E-state index contributed by atoms with van der Waals surface area (Å²) in [6.07, 6.45) is -1.34. The van der Waals surface area contributed by atoms with E-state index in [0.29, 0.717) is 23.9 Å². The van der Waals surface area contributed by atoms with Gasteiger partial charge >= 0.3 is 5.97 Å². The van der Waals surface area contributed by atoms with Crippen LogP contribution in [0.25, 0.3) is 0 Å². The summed E-state index contributed by atoms with van der Waals surface area (Å²) < 4.78 is 29.8. The summed E-state index contributed by atoms with van der Waals surface area (Å²) in [5.74, 6) is 1.33. The number of para-hydroxylation sites is 2. The fourth-order valence-electron chi connectivity index (χ4n) is 3.54. The monoisotopic (exact) mass is 482 g/mol. The number of hydrogen-bond acceptors (Lipinski definition) is 6. The molecule has 31 heavy (non-hydrogen) atoms. The molecule has 0 amide bonds. The van der Waals surface area contributed by atoms with Crippen molar-refractivity contribution in [3.8, 4) is 17.2 Å². The number of ether oxygens (including phenoxy) is 5. The Hall–Kier alpha value is -3.03. The lowest BCUT2D eigenvalue weighted by atomic mass is 10.1. The maximum Gasteiger partial charge on any atom is 0.351 e. The lowest BCUT2D eigenvalue weighted by Crippen LogP contribution is -2.37. The van der Waals surface area contributed by atoms with Gasteiger partial charge in [0.1, 0.15) is 19.0 Å². The fraction of sp³-hybridized carbons (Fsp3) is 0.208. The molecule has 2 heterocycles. The van der Waals surface area contributed by atoms with Crippen LogP contribution in [0.2, 0.25) is 0 Å². The summed E-state index contributed by atoms with van der Waals surface area (Å²) >= 11 is 3.51. The predicted molar refractivity (Wildman–Crippen MR) is 115 cm³/mol. The van der Waals surface area contributed by atoms with E-state index in [0.717, 1.165) is 21.2 Å². The molecule has 0 N–H and O–H groups in total. The fourth-order valence-corrected chi connectivity index (χ4v) is 4.09. The predicted octanol–water partition coefficient (Wildman–Crippen LogP) is 4.94. The highest BCUT2D eigenvalue weighted by molar-refractivity contribution is 9.10. The number of carbonyl (C=O) groups excluding carboxylic acids is 1. The van der Waals surface area contributed by atoms with Crippen LogP contribution in [0.1, 0.15) is 23.0 Å². The van der Waals surface area contributed by atoms with Crippen LogP contribution in [0.4, 0.5) is 0 Å². The standard InChI is InChI=1S/C24H19BrO6/c25-18-10-16(12-28-23(26)21-14-27-19-8-4-5-9-20(19)30-21)22-17(11-18)13-29-24(31-22)15-6-2-1-3-7-15/h1-11,21,24H,12-14H2/t21-,24+/m0/s1. The first-order valence-corrected chi connectivity index (χ1v) is 10.7. The van der Waals surface area contributed by atoms with Gasteiger partial charge < -0.3 is 23.7 Å². The Kier molecular flexibility index (Phi) is 5.53. The topological polar surface area (TPSA) is 63.2 Å². The average molecular weight is 483 g/mol. The van der Waals surface area contributed by atoms with E-state index in [1.54, 1.807) is 12.1 Å². The van der Waals surface area contributed by atoms with Crippen molar-refractivity contribution in [2.24, 2.45) is 0 Å². The van der Waals surface area contributed by atoms with Crippen LogP contribution in [-0.2, 0) is 27.5 Å². The molecule has 5 rings (SSSR count). The number of halogens is 1. The van der Waals surface area contributed by atoms with E-state index in [9.17, 15) is 4.79 Å². The zero-order valence-electron chi connectivity index (χ0n) is 16.5. The van der Waals surface area contributed by atoms with Gasteiger partial charge in [0.15, 0.2) is 11.5 Å². The molecule has 7 heteroatoms.